The van der Waals surface area contributed by atoms with Gasteiger partial charge in [0.05, 0.1) is 0 Å². The third-order valence-corrected chi connectivity index (χ3v) is 5.29. The maximum absolute atomic E-state index is 2.62. The summed E-state index contributed by atoms with van der Waals surface area (Å²) in [5.74, 6) is 0. The van der Waals surface area contributed by atoms with Crippen molar-refractivity contribution >= 4 is 5.69 Å². The van der Waals surface area contributed by atoms with E-state index < -0.39 is 0 Å². The normalized spacial score (nSPS) is 18.3. The van der Waals surface area contributed by atoms with Crippen molar-refractivity contribution < 1.29 is 0 Å². The molecular weight excluding hydrogens is 268 g/mol. The van der Waals surface area contributed by atoms with Crippen LogP contribution in [0.25, 0.3) is 0 Å². The van der Waals surface area contributed by atoms with Crippen LogP contribution in [0.5, 0.6) is 0 Å². The Balaban J connectivity index is 1.36. The van der Waals surface area contributed by atoms with Gasteiger partial charge in [0.2, 0.25) is 0 Å². The van der Waals surface area contributed by atoms with Crippen LogP contribution < -0.4 is 4.90 Å². The molecule has 1 unspecified atom stereocenters. The van der Waals surface area contributed by atoms with Gasteiger partial charge >= 0.3 is 0 Å². The van der Waals surface area contributed by atoms with Crippen LogP contribution in [0.15, 0.2) is 48.5 Å². The highest BCUT2D eigenvalue weighted by molar-refractivity contribution is 5.57. The van der Waals surface area contributed by atoms with Gasteiger partial charge in [-0.3, -0.25) is 4.90 Å². The van der Waals surface area contributed by atoms with E-state index in [0.29, 0.717) is 6.04 Å². The lowest BCUT2D eigenvalue weighted by Gasteiger charge is -2.27. The summed E-state index contributed by atoms with van der Waals surface area (Å²) in [6, 6.07) is 18.4. The highest BCUT2D eigenvalue weighted by atomic mass is 15.2. The number of benzene rings is 2. The van der Waals surface area contributed by atoms with Gasteiger partial charge in [-0.15, -0.1) is 0 Å². The summed E-state index contributed by atoms with van der Waals surface area (Å²) in [6.07, 6.45) is 2.45. The molecule has 22 heavy (non-hydrogen) atoms. The van der Waals surface area contributed by atoms with Crippen molar-refractivity contribution in [1.82, 2.24) is 4.90 Å². The first-order valence-corrected chi connectivity index (χ1v) is 8.45. The number of hydrogen-bond acceptors (Lipinski definition) is 2. The zero-order valence-corrected chi connectivity index (χ0v) is 13.3. The van der Waals surface area contributed by atoms with E-state index in [1.54, 1.807) is 0 Å². The van der Waals surface area contributed by atoms with Crippen LogP contribution in [0.3, 0.4) is 0 Å². The fraction of sp³-hybridized carbons (Fsp3) is 0.400. The summed E-state index contributed by atoms with van der Waals surface area (Å²) in [7, 11) is 0. The van der Waals surface area contributed by atoms with Gasteiger partial charge < -0.3 is 4.90 Å². The standard InChI is InChI=1S/C20H24N2/c1-16(22-14-18-7-2-3-8-19(18)15-22)10-12-21-13-11-17-6-4-5-9-20(17)21/h2-9,16H,10-15H2,1H3. The van der Waals surface area contributed by atoms with Crippen LogP contribution >= 0.6 is 0 Å². The Morgan fingerprint density at radius 3 is 2.27 bits per heavy atom. The Hall–Kier alpha value is -1.80. The molecule has 2 aromatic carbocycles. The molecule has 0 amide bonds. The average molecular weight is 292 g/mol. The minimum absolute atomic E-state index is 0.639. The second-order valence-corrected chi connectivity index (χ2v) is 6.68. The first-order chi connectivity index (χ1) is 10.8. The van der Waals surface area contributed by atoms with Gasteiger partial charge in [0.1, 0.15) is 0 Å². The van der Waals surface area contributed by atoms with Crippen molar-refractivity contribution in [1.29, 1.82) is 0 Å². The van der Waals surface area contributed by atoms with Gasteiger partial charge in [0.25, 0.3) is 0 Å². The molecule has 114 valence electrons. The van der Waals surface area contributed by atoms with Crippen molar-refractivity contribution in [2.45, 2.75) is 38.9 Å². The van der Waals surface area contributed by atoms with Gasteiger partial charge in [0, 0.05) is 37.9 Å². The lowest BCUT2D eigenvalue weighted by Crippen LogP contribution is -2.32. The second kappa shape index (κ2) is 5.77. The van der Waals surface area contributed by atoms with E-state index in [0.717, 1.165) is 13.1 Å². The molecule has 1 atom stereocenters. The maximum atomic E-state index is 2.62. The molecule has 2 heteroatoms. The monoisotopic (exact) mass is 292 g/mol. The Morgan fingerprint density at radius 2 is 1.55 bits per heavy atom. The SMILES string of the molecule is CC(CCN1CCc2ccccc21)N1Cc2ccccc2C1. The van der Waals surface area contributed by atoms with Crippen molar-refractivity contribution in [3.8, 4) is 0 Å². The summed E-state index contributed by atoms with van der Waals surface area (Å²) >= 11 is 0. The molecular formula is C20H24N2. The molecule has 0 fully saturated rings. The molecule has 4 rings (SSSR count). The average Bonchev–Trinajstić information content (AvgIpc) is 3.16. The minimum Gasteiger partial charge on any atom is -0.371 e. The number of hydrogen-bond donors (Lipinski definition) is 0. The predicted octanol–water partition coefficient (Wildman–Crippen LogP) is 3.84. The van der Waals surface area contributed by atoms with E-state index in [4.69, 9.17) is 0 Å². The molecule has 2 nitrogen and oxygen atoms in total. The number of nitrogens with zero attached hydrogens (tertiary/aromatic N) is 2. The largest absolute Gasteiger partial charge is 0.371 e. The van der Waals surface area contributed by atoms with Crippen molar-refractivity contribution in [2.75, 3.05) is 18.0 Å². The first-order valence-electron chi connectivity index (χ1n) is 8.45. The van der Waals surface area contributed by atoms with Crippen molar-refractivity contribution in [3.05, 3.63) is 65.2 Å². The summed E-state index contributed by atoms with van der Waals surface area (Å²) < 4.78 is 0. The molecule has 0 radical (unpaired) electrons. The van der Waals surface area contributed by atoms with E-state index in [-0.39, 0.29) is 0 Å². The Bertz CT molecular complexity index is 639. The van der Waals surface area contributed by atoms with Crippen LogP contribution in [0.4, 0.5) is 5.69 Å². The Labute approximate surface area is 133 Å². The Morgan fingerprint density at radius 1 is 0.909 bits per heavy atom. The van der Waals surface area contributed by atoms with Gasteiger partial charge in [-0.05, 0) is 42.5 Å². The lowest BCUT2D eigenvalue weighted by molar-refractivity contribution is 0.204. The van der Waals surface area contributed by atoms with E-state index >= 15 is 0 Å². The number of anilines is 1. The van der Waals surface area contributed by atoms with E-state index in [1.807, 2.05) is 0 Å². The summed E-state index contributed by atoms with van der Waals surface area (Å²) in [5, 5.41) is 0. The van der Waals surface area contributed by atoms with Gasteiger partial charge in [-0.2, -0.15) is 0 Å². The summed E-state index contributed by atoms with van der Waals surface area (Å²) in [6.45, 7) is 6.98. The fourth-order valence-electron chi connectivity index (χ4n) is 3.84. The van der Waals surface area contributed by atoms with Crippen LogP contribution in [-0.4, -0.2) is 24.0 Å². The molecule has 2 aliphatic rings. The maximum Gasteiger partial charge on any atom is 0.0399 e. The van der Waals surface area contributed by atoms with Gasteiger partial charge in [0.15, 0.2) is 0 Å². The first kappa shape index (κ1) is 13.8. The smallest absolute Gasteiger partial charge is 0.0399 e. The van der Waals surface area contributed by atoms with E-state index in [9.17, 15) is 0 Å². The molecule has 0 saturated heterocycles. The molecule has 0 aromatic heterocycles. The van der Waals surface area contributed by atoms with Crippen molar-refractivity contribution in [3.63, 3.8) is 0 Å². The van der Waals surface area contributed by atoms with Crippen LogP contribution in [-0.2, 0) is 19.5 Å². The molecule has 2 heterocycles. The van der Waals surface area contributed by atoms with Crippen molar-refractivity contribution in [2.24, 2.45) is 0 Å². The number of fused-ring (bicyclic) bond motifs is 2. The number of para-hydroxylation sites is 1. The third-order valence-electron chi connectivity index (χ3n) is 5.29. The molecule has 2 aliphatic heterocycles. The van der Waals surface area contributed by atoms with Crippen LogP contribution in [0.1, 0.15) is 30.0 Å². The summed E-state index contributed by atoms with van der Waals surface area (Å²) in [5.41, 5.74) is 6.00. The molecule has 0 spiro atoms. The fourth-order valence-corrected chi connectivity index (χ4v) is 3.84. The highest BCUT2D eigenvalue weighted by Gasteiger charge is 2.24. The van der Waals surface area contributed by atoms with E-state index in [1.165, 1.54) is 48.3 Å². The third kappa shape index (κ3) is 2.52. The second-order valence-electron chi connectivity index (χ2n) is 6.68. The topological polar surface area (TPSA) is 6.48 Å². The molecule has 0 aliphatic carbocycles. The predicted molar refractivity (Wildman–Crippen MR) is 92.1 cm³/mol. The molecule has 0 N–H and O–H groups in total. The van der Waals surface area contributed by atoms with E-state index in [2.05, 4.69) is 65.3 Å². The quantitative estimate of drug-likeness (QED) is 0.844. The highest BCUT2D eigenvalue weighted by Crippen LogP contribution is 2.29. The van der Waals surface area contributed by atoms with Crippen LogP contribution in [0.2, 0.25) is 0 Å². The van der Waals surface area contributed by atoms with Crippen LogP contribution in [0, 0.1) is 0 Å². The zero-order valence-electron chi connectivity index (χ0n) is 13.3. The summed E-state index contributed by atoms with van der Waals surface area (Å²) in [4.78, 5) is 5.18. The molecule has 2 aromatic rings. The number of rotatable bonds is 4. The van der Waals surface area contributed by atoms with Gasteiger partial charge in [-0.1, -0.05) is 42.5 Å². The molecule has 0 bridgehead atoms. The zero-order chi connectivity index (χ0) is 14.9. The lowest BCUT2D eigenvalue weighted by atomic mass is 10.1. The molecule has 0 saturated carbocycles. The van der Waals surface area contributed by atoms with Gasteiger partial charge in [-0.25, -0.2) is 0 Å². The minimum atomic E-state index is 0.639. The Kier molecular flexibility index (Phi) is 3.63.